The van der Waals surface area contributed by atoms with E-state index in [2.05, 4.69) is 14.9 Å². The predicted octanol–water partition coefficient (Wildman–Crippen LogP) is 1.67. The van der Waals surface area contributed by atoms with Crippen LogP contribution < -0.4 is 14.8 Å². The van der Waals surface area contributed by atoms with E-state index >= 15 is 0 Å². The summed E-state index contributed by atoms with van der Waals surface area (Å²) in [6, 6.07) is 5.94. The molecule has 5 nitrogen and oxygen atoms in total. The van der Waals surface area contributed by atoms with Gasteiger partial charge in [0.2, 0.25) is 0 Å². The third-order valence-corrected chi connectivity index (χ3v) is 2.94. The van der Waals surface area contributed by atoms with Crippen LogP contribution >= 0.6 is 0 Å². The molecule has 0 aliphatic rings. The van der Waals surface area contributed by atoms with Crippen LogP contribution in [0.3, 0.4) is 0 Å². The van der Waals surface area contributed by atoms with E-state index in [9.17, 15) is 0 Å². The van der Waals surface area contributed by atoms with Crippen molar-refractivity contribution in [2.75, 3.05) is 21.3 Å². The molecule has 0 aliphatic carbocycles. The predicted molar refractivity (Wildman–Crippen MR) is 73.6 cm³/mol. The monoisotopic (exact) mass is 261 g/mol. The second-order valence-corrected chi connectivity index (χ2v) is 4.19. The Labute approximate surface area is 113 Å². The topological polar surface area (TPSA) is 48.3 Å². The maximum absolute atomic E-state index is 5.31. The largest absolute Gasteiger partial charge is 0.493 e. The van der Waals surface area contributed by atoms with Crippen molar-refractivity contribution >= 4 is 0 Å². The molecule has 0 saturated heterocycles. The SMILES string of the molecule is CNCc1nccn1Cc1ccc(OC)c(OC)c1. The highest BCUT2D eigenvalue weighted by Crippen LogP contribution is 2.27. The number of aromatic nitrogens is 2. The number of ether oxygens (including phenoxy) is 2. The Kier molecular flexibility index (Phi) is 4.41. The molecule has 1 aromatic carbocycles. The fourth-order valence-corrected chi connectivity index (χ4v) is 1.98. The van der Waals surface area contributed by atoms with Gasteiger partial charge in [-0.05, 0) is 24.7 Å². The lowest BCUT2D eigenvalue weighted by molar-refractivity contribution is 0.354. The first-order valence-electron chi connectivity index (χ1n) is 6.14. The molecule has 0 bridgehead atoms. The summed E-state index contributed by atoms with van der Waals surface area (Å²) in [5.41, 5.74) is 1.15. The minimum absolute atomic E-state index is 0.743. The zero-order valence-corrected chi connectivity index (χ0v) is 11.5. The van der Waals surface area contributed by atoms with Crippen molar-refractivity contribution in [1.82, 2.24) is 14.9 Å². The fraction of sp³-hybridized carbons (Fsp3) is 0.357. The molecule has 1 aromatic heterocycles. The molecule has 0 aliphatic heterocycles. The molecule has 0 radical (unpaired) electrons. The minimum atomic E-state index is 0.743. The molecule has 0 fully saturated rings. The third kappa shape index (κ3) is 3.06. The van der Waals surface area contributed by atoms with E-state index < -0.39 is 0 Å². The van der Waals surface area contributed by atoms with Gasteiger partial charge in [-0.15, -0.1) is 0 Å². The molecule has 102 valence electrons. The number of hydrogen-bond donors (Lipinski definition) is 1. The molecule has 1 heterocycles. The molecule has 1 N–H and O–H groups in total. The van der Waals surface area contributed by atoms with Crippen LogP contribution in [0.4, 0.5) is 0 Å². The number of nitrogens with zero attached hydrogens (tertiary/aromatic N) is 2. The lowest BCUT2D eigenvalue weighted by Crippen LogP contribution is -2.12. The van der Waals surface area contributed by atoms with Crippen molar-refractivity contribution in [3.05, 3.63) is 42.0 Å². The summed E-state index contributed by atoms with van der Waals surface area (Å²) in [6.07, 6.45) is 3.79. The van der Waals surface area contributed by atoms with E-state index in [1.165, 1.54) is 0 Å². The van der Waals surface area contributed by atoms with Crippen LogP contribution in [0.25, 0.3) is 0 Å². The van der Waals surface area contributed by atoms with Gasteiger partial charge in [0.05, 0.1) is 20.8 Å². The third-order valence-electron chi connectivity index (χ3n) is 2.94. The molecule has 0 unspecified atom stereocenters. The molecular formula is C14H19N3O2. The molecule has 0 amide bonds. The Balaban J connectivity index is 2.21. The molecular weight excluding hydrogens is 242 g/mol. The van der Waals surface area contributed by atoms with Crippen molar-refractivity contribution < 1.29 is 9.47 Å². The number of imidazole rings is 1. The minimum Gasteiger partial charge on any atom is -0.493 e. The van der Waals surface area contributed by atoms with Crippen molar-refractivity contribution in [2.45, 2.75) is 13.1 Å². The number of nitrogens with one attached hydrogen (secondary N) is 1. The van der Waals surface area contributed by atoms with E-state index in [1.54, 1.807) is 14.2 Å². The number of methoxy groups -OCH3 is 2. The first-order chi connectivity index (χ1) is 9.28. The highest BCUT2D eigenvalue weighted by Gasteiger charge is 2.07. The molecule has 0 spiro atoms. The quantitative estimate of drug-likeness (QED) is 0.859. The van der Waals surface area contributed by atoms with E-state index in [4.69, 9.17) is 9.47 Å². The van der Waals surface area contributed by atoms with Gasteiger partial charge < -0.3 is 19.4 Å². The van der Waals surface area contributed by atoms with Gasteiger partial charge in [0, 0.05) is 18.9 Å². The summed E-state index contributed by atoms with van der Waals surface area (Å²) in [7, 11) is 5.19. The van der Waals surface area contributed by atoms with Crippen molar-refractivity contribution in [3.8, 4) is 11.5 Å². The molecule has 5 heteroatoms. The molecule has 2 aromatic rings. The van der Waals surface area contributed by atoms with Crippen LogP contribution in [0, 0.1) is 0 Å². The van der Waals surface area contributed by atoms with Crippen LogP contribution in [-0.2, 0) is 13.1 Å². The highest BCUT2D eigenvalue weighted by molar-refractivity contribution is 5.42. The highest BCUT2D eigenvalue weighted by atomic mass is 16.5. The average Bonchev–Trinajstić information content (AvgIpc) is 2.86. The molecule has 2 rings (SSSR count). The zero-order valence-electron chi connectivity index (χ0n) is 11.5. The van der Waals surface area contributed by atoms with E-state index in [0.29, 0.717) is 0 Å². The van der Waals surface area contributed by atoms with Gasteiger partial charge in [0.15, 0.2) is 11.5 Å². The first kappa shape index (κ1) is 13.4. The molecule has 0 atom stereocenters. The Morgan fingerprint density at radius 3 is 2.68 bits per heavy atom. The summed E-state index contributed by atoms with van der Waals surface area (Å²) in [6.45, 7) is 1.51. The lowest BCUT2D eigenvalue weighted by Gasteiger charge is -2.11. The standard InChI is InChI=1S/C14H19N3O2/c1-15-9-14-16-6-7-17(14)10-11-4-5-12(18-2)13(8-11)19-3/h4-8,15H,9-10H2,1-3H3. The van der Waals surface area contributed by atoms with Crippen LogP contribution in [0.2, 0.25) is 0 Å². The van der Waals surface area contributed by atoms with Crippen LogP contribution in [0.1, 0.15) is 11.4 Å². The Hall–Kier alpha value is -2.01. The van der Waals surface area contributed by atoms with E-state index in [0.717, 1.165) is 36.0 Å². The maximum atomic E-state index is 5.31. The number of rotatable bonds is 6. The smallest absolute Gasteiger partial charge is 0.161 e. The average molecular weight is 261 g/mol. The molecule has 19 heavy (non-hydrogen) atoms. The van der Waals surface area contributed by atoms with Gasteiger partial charge in [-0.3, -0.25) is 0 Å². The van der Waals surface area contributed by atoms with Crippen LogP contribution in [0.15, 0.2) is 30.6 Å². The second-order valence-electron chi connectivity index (χ2n) is 4.19. The maximum Gasteiger partial charge on any atom is 0.161 e. The summed E-state index contributed by atoms with van der Waals surface area (Å²) in [4.78, 5) is 4.32. The van der Waals surface area contributed by atoms with Crippen LogP contribution in [0.5, 0.6) is 11.5 Å². The summed E-state index contributed by atoms with van der Waals surface area (Å²) in [5, 5.41) is 3.11. The number of benzene rings is 1. The van der Waals surface area contributed by atoms with Gasteiger partial charge >= 0.3 is 0 Å². The van der Waals surface area contributed by atoms with Crippen molar-refractivity contribution in [1.29, 1.82) is 0 Å². The Morgan fingerprint density at radius 2 is 2.00 bits per heavy atom. The second kappa shape index (κ2) is 6.24. The first-order valence-corrected chi connectivity index (χ1v) is 6.14. The summed E-state index contributed by atoms with van der Waals surface area (Å²) >= 11 is 0. The van der Waals surface area contributed by atoms with E-state index in [-0.39, 0.29) is 0 Å². The summed E-state index contributed by atoms with van der Waals surface area (Å²) in [5.74, 6) is 2.50. The van der Waals surface area contributed by atoms with Gasteiger partial charge in [0.1, 0.15) is 5.82 Å². The zero-order chi connectivity index (χ0) is 13.7. The van der Waals surface area contributed by atoms with Gasteiger partial charge in [-0.1, -0.05) is 6.07 Å². The van der Waals surface area contributed by atoms with Gasteiger partial charge in [-0.25, -0.2) is 4.98 Å². The van der Waals surface area contributed by atoms with Crippen LogP contribution in [-0.4, -0.2) is 30.8 Å². The summed E-state index contributed by atoms with van der Waals surface area (Å²) < 4.78 is 12.7. The van der Waals surface area contributed by atoms with Gasteiger partial charge in [0.25, 0.3) is 0 Å². The van der Waals surface area contributed by atoms with E-state index in [1.807, 2.05) is 37.6 Å². The normalized spacial score (nSPS) is 10.5. The van der Waals surface area contributed by atoms with Crippen molar-refractivity contribution in [2.24, 2.45) is 0 Å². The Morgan fingerprint density at radius 1 is 1.21 bits per heavy atom. The molecule has 0 saturated carbocycles. The van der Waals surface area contributed by atoms with Crippen molar-refractivity contribution in [3.63, 3.8) is 0 Å². The fourth-order valence-electron chi connectivity index (χ4n) is 1.98. The van der Waals surface area contributed by atoms with Gasteiger partial charge in [-0.2, -0.15) is 0 Å². The Bertz CT molecular complexity index is 537. The lowest BCUT2D eigenvalue weighted by atomic mass is 10.2. The number of hydrogen-bond acceptors (Lipinski definition) is 4.